The third-order valence-corrected chi connectivity index (χ3v) is 5.79. The van der Waals surface area contributed by atoms with Crippen molar-refractivity contribution >= 4 is 29.6 Å². The van der Waals surface area contributed by atoms with Crippen LogP contribution in [0.5, 0.6) is 0 Å². The maximum absolute atomic E-state index is 13.1. The summed E-state index contributed by atoms with van der Waals surface area (Å²) in [4.78, 5) is 61.4. The minimum atomic E-state index is -5.08. The van der Waals surface area contributed by atoms with Gasteiger partial charge in [0, 0.05) is 13.1 Å². The number of halogens is 3. The van der Waals surface area contributed by atoms with Gasteiger partial charge in [-0.1, -0.05) is 0 Å². The van der Waals surface area contributed by atoms with Crippen LogP contribution in [0.15, 0.2) is 0 Å². The number of nitrogens with one attached hydrogen (secondary N) is 1. The van der Waals surface area contributed by atoms with Crippen molar-refractivity contribution < 1.29 is 52.5 Å². The van der Waals surface area contributed by atoms with Crippen molar-refractivity contribution in [3.8, 4) is 0 Å². The normalized spacial score (nSPS) is 23.1. The molecule has 0 aliphatic carbocycles. The summed E-state index contributed by atoms with van der Waals surface area (Å²) in [5, 5.41) is 28.8. The molecule has 36 heavy (non-hydrogen) atoms. The Hall–Kier alpha value is -2.98. The summed E-state index contributed by atoms with van der Waals surface area (Å²) < 4.78 is 31.7. The summed E-state index contributed by atoms with van der Waals surface area (Å²) in [5.41, 5.74) is 11.0. The fraction of sp³-hybridized carbons (Fsp3) is 0.750. The van der Waals surface area contributed by atoms with Gasteiger partial charge in [-0.2, -0.15) is 13.2 Å². The average molecular weight is 527 g/mol. The second kappa shape index (κ2) is 12.8. The Morgan fingerprint density at radius 1 is 0.944 bits per heavy atom. The molecule has 4 amide bonds. The Morgan fingerprint density at radius 3 is 1.83 bits per heavy atom. The number of carboxylic acid groups (broad SMARTS) is 1. The van der Waals surface area contributed by atoms with Crippen LogP contribution in [0.1, 0.15) is 39.5 Å². The molecule has 8 N–H and O–H groups in total. The standard InChI is InChI=1S/C18H31N5O6.C2HF3O2/c1-9(24)13(19)18(29)23-8-4-6-12(23)17(28)22-7-3-5-11(22)16(27)21-14(10(2)25)15(20)26;3-2(4,5)1(6)7/h9-14,24-25H,3-8,19H2,1-2H3,(H2,20,26)(H,21,27);(H,6,7). The van der Waals surface area contributed by atoms with Gasteiger partial charge in [-0.25, -0.2) is 4.79 Å². The van der Waals surface area contributed by atoms with E-state index < -0.39 is 66.2 Å². The van der Waals surface area contributed by atoms with Crippen molar-refractivity contribution in [3.05, 3.63) is 0 Å². The topological polar surface area (TPSA) is 217 Å². The molecule has 2 fully saturated rings. The van der Waals surface area contributed by atoms with Crippen LogP contribution in [-0.2, 0) is 24.0 Å². The molecule has 0 aromatic heterocycles. The molecule has 0 radical (unpaired) electrons. The smallest absolute Gasteiger partial charge is 0.475 e. The first-order valence-electron chi connectivity index (χ1n) is 11.1. The fourth-order valence-electron chi connectivity index (χ4n) is 3.86. The van der Waals surface area contributed by atoms with Crippen LogP contribution < -0.4 is 16.8 Å². The molecule has 2 aliphatic heterocycles. The number of aliphatic hydroxyl groups is 2. The first-order valence-corrected chi connectivity index (χ1v) is 11.1. The highest BCUT2D eigenvalue weighted by molar-refractivity contribution is 5.95. The van der Waals surface area contributed by atoms with E-state index in [1.54, 1.807) is 0 Å². The van der Waals surface area contributed by atoms with Gasteiger partial charge in [0.25, 0.3) is 0 Å². The predicted molar refractivity (Wildman–Crippen MR) is 116 cm³/mol. The molecular formula is C20H32F3N5O8. The van der Waals surface area contributed by atoms with Gasteiger partial charge in [0.1, 0.15) is 24.2 Å². The quantitative estimate of drug-likeness (QED) is 0.209. The first-order chi connectivity index (χ1) is 16.5. The maximum atomic E-state index is 13.1. The lowest BCUT2D eigenvalue weighted by Gasteiger charge is -2.33. The highest BCUT2D eigenvalue weighted by atomic mass is 19.4. The number of nitrogens with zero attached hydrogens (tertiary/aromatic N) is 2. The van der Waals surface area contributed by atoms with Crippen LogP contribution in [-0.4, -0.2) is 110 Å². The average Bonchev–Trinajstić information content (AvgIpc) is 3.44. The Bertz CT molecular complexity index is 839. The van der Waals surface area contributed by atoms with Crippen LogP contribution in [0.2, 0.25) is 0 Å². The third kappa shape index (κ3) is 8.03. The predicted octanol–water partition coefficient (Wildman–Crippen LogP) is -2.34. The van der Waals surface area contributed by atoms with Gasteiger partial charge in [0.2, 0.25) is 23.6 Å². The highest BCUT2D eigenvalue weighted by Crippen LogP contribution is 2.25. The number of carbonyl (C=O) groups excluding carboxylic acids is 4. The third-order valence-electron chi connectivity index (χ3n) is 5.79. The summed E-state index contributed by atoms with van der Waals surface area (Å²) in [5.74, 6) is -5.06. The molecule has 16 heteroatoms. The van der Waals surface area contributed by atoms with Gasteiger partial charge in [-0.3, -0.25) is 19.2 Å². The van der Waals surface area contributed by atoms with E-state index in [2.05, 4.69) is 5.32 Å². The minimum absolute atomic E-state index is 0.341. The molecule has 6 atom stereocenters. The minimum Gasteiger partial charge on any atom is -0.475 e. The number of hydrogen-bond acceptors (Lipinski definition) is 8. The molecule has 0 spiro atoms. The van der Waals surface area contributed by atoms with E-state index in [1.165, 1.54) is 23.6 Å². The number of amides is 4. The molecule has 0 saturated carbocycles. The van der Waals surface area contributed by atoms with Crippen molar-refractivity contribution in [2.24, 2.45) is 11.5 Å². The molecule has 13 nitrogen and oxygen atoms in total. The summed E-state index contributed by atoms with van der Waals surface area (Å²) in [7, 11) is 0. The van der Waals surface area contributed by atoms with Crippen molar-refractivity contribution in [3.63, 3.8) is 0 Å². The van der Waals surface area contributed by atoms with Crippen molar-refractivity contribution in [1.82, 2.24) is 15.1 Å². The first kappa shape index (κ1) is 31.1. The number of primary amides is 1. The lowest BCUT2D eigenvalue weighted by molar-refractivity contribution is -0.192. The van der Waals surface area contributed by atoms with Crippen molar-refractivity contribution in [1.29, 1.82) is 0 Å². The molecule has 0 bridgehead atoms. The molecule has 206 valence electrons. The SMILES string of the molecule is CC(O)C(N)C(=O)N1CCCC1C(=O)N1CCCC1C(=O)NC(C(N)=O)C(C)O.O=C(O)C(F)(F)F. The highest BCUT2D eigenvalue weighted by Gasteiger charge is 2.44. The zero-order valence-corrected chi connectivity index (χ0v) is 19.8. The van der Waals surface area contributed by atoms with Gasteiger partial charge in [0.15, 0.2) is 0 Å². The van der Waals surface area contributed by atoms with E-state index in [9.17, 15) is 42.6 Å². The number of nitrogens with two attached hydrogens (primary N) is 2. The number of likely N-dealkylation sites (tertiary alicyclic amines) is 2. The Morgan fingerprint density at radius 2 is 1.42 bits per heavy atom. The number of hydrogen-bond donors (Lipinski definition) is 6. The lowest BCUT2D eigenvalue weighted by atomic mass is 10.1. The summed E-state index contributed by atoms with van der Waals surface area (Å²) >= 11 is 0. The summed E-state index contributed by atoms with van der Waals surface area (Å²) in [6, 6.07) is -3.94. The van der Waals surface area contributed by atoms with E-state index in [-0.39, 0.29) is 5.91 Å². The van der Waals surface area contributed by atoms with E-state index in [0.29, 0.717) is 38.8 Å². The van der Waals surface area contributed by atoms with Crippen molar-refractivity contribution in [2.75, 3.05) is 13.1 Å². The van der Waals surface area contributed by atoms with E-state index >= 15 is 0 Å². The zero-order valence-electron chi connectivity index (χ0n) is 19.8. The van der Waals surface area contributed by atoms with E-state index in [0.717, 1.165) is 0 Å². The number of carboxylic acids is 1. The zero-order chi connectivity index (χ0) is 28.0. The molecule has 6 unspecified atom stereocenters. The molecule has 2 saturated heterocycles. The number of alkyl halides is 3. The van der Waals surface area contributed by atoms with Gasteiger partial charge < -0.3 is 41.9 Å². The second-order valence-electron chi connectivity index (χ2n) is 8.58. The molecular weight excluding hydrogens is 495 g/mol. The Labute approximate surface area is 204 Å². The van der Waals surface area contributed by atoms with Crippen LogP contribution in [0.3, 0.4) is 0 Å². The van der Waals surface area contributed by atoms with Crippen LogP contribution >= 0.6 is 0 Å². The summed E-state index contributed by atoms with van der Waals surface area (Å²) in [6.07, 6.45) is -5.25. The molecule has 0 aromatic carbocycles. The number of carbonyl (C=O) groups is 5. The molecule has 2 heterocycles. The van der Waals surface area contributed by atoms with Crippen molar-refractivity contribution in [2.45, 2.75) is 82.1 Å². The number of aliphatic carboxylic acids is 1. The Kier molecular flexibility index (Phi) is 11.1. The van der Waals surface area contributed by atoms with Gasteiger partial charge in [-0.05, 0) is 39.5 Å². The second-order valence-corrected chi connectivity index (χ2v) is 8.58. The van der Waals surface area contributed by atoms with Crippen LogP contribution in [0.25, 0.3) is 0 Å². The maximum Gasteiger partial charge on any atom is 0.490 e. The molecule has 2 aliphatic rings. The largest absolute Gasteiger partial charge is 0.490 e. The number of aliphatic hydroxyl groups excluding tert-OH is 2. The van der Waals surface area contributed by atoms with Gasteiger partial charge >= 0.3 is 12.1 Å². The van der Waals surface area contributed by atoms with Gasteiger partial charge in [-0.15, -0.1) is 0 Å². The lowest BCUT2D eigenvalue weighted by Crippen LogP contribution is -2.58. The van der Waals surface area contributed by atoms with E-state index in [1.807, 2.05) is 0 Å². The monoisotopic (exact) mass is 527 g/mol. The summed E-state index contributed by atoms with van der Waals surface area (Å²) in [6.45, 7) is 3.44. The van der Waals surface area contributed by atoms with Crippen LogP contribution in [0.4, 0.5) is 13.2 Å². The van der Waals surface area contributed by atoms with E-state index in [4.69, 9.17) is 21.4 Å². The van der Waals surface area contributed by atoms with Gasteiger partial charge in [0.05, 0.1) is 12.2 Å². The Balaban J connectivity index is 0.000000809. The molecule has 2 rings (SSSR count). The number of rotatable bonds is 7. The van der Waals surface area contributed by atoms with Crippen LogP contribution in [0, 0.1) is 0 Å². The fourth-order valence-corrected chi connectivity index (χ4v) is 3.86. The molecule has 0 aromatic rings.